The van der Waals surface area contributed by atoms with E-state index in [1.165, 1.54) is 0 Å². The molecular weight excluding hydrogens is 328 g/mol. The average Bonchev–Trinajstić information content (AvgIpc) is 3.37. The van der Waals surface area contributed by atoms with E-state index < -0.39 is 0 Å². The molecule has 2 aromatic heterocycles. The van der Waals surface area contributed by atoms with E-state index in [0.717, 1.165) is 35.3 Å². The second-order valence-corrected chi connectivity index (χ2v) is 7.16. The van der Waals surface area contributed by atoms with Crippen LogP contribution in [0.2, 0.25) is 0 Å². The number of ether oxygens (including phenoxy) is 1. The first-order valence-electron chi connectivity index (χ1n) is 8.98. The molecule has 1 saturated heterocycles. The van der Waals surface area contributed by atoms with Crippen LogP contribution in [0.25, 0.3) is 16.7 Å². The number of benzene rings is 1. The molecule has 2 aliphatic rings. The zero-order valence-electron chi connectivity index (χ0n) is 14.7. The summed E-state index contributed by atoms with van der Waals surface area (Å²) in [6.07, 6.45) is 3.73. The first-order chi connectivity index (χ1) is 12.7. The van der Waals surface area contributed by atoms with Crippen molar-refractivity contribution in [2.45, 2.75) is 25.3 Å². The average molecular weight is 348 g/mol. The quantitative estimate of drug-likeness (QED) is 0.714. The molecule has 26 heavy (non-hydrogen) atoms. The standard InChI is InChI=1S/C20H20N4O2/c1-14-17-11-15(19(25)23-9-10-26-13-20(23)7-8-20)12-21-18(17)24(22-14)16-5-3-2-4-6-16/h2-6,11-12H,7-10,13H2,1H3. The highest BCUT2D eigenvalue weighted by molar-refractivity contribution is 5.98. The van der Waals surface area contributed by atoms with Crippen molar-refractivity contribution in [2.75, 3.05) is 19.8 Å². The molecule has 132 valence electrons. The van der Waals surface area contributed by atoms with Gasteiger partial charge in [0.2, 0.25) is 0 Å². The molecule has 1 aliphatic heterocycles. The molecule has 0 N–H and O–H groups in total. The minimum atomic E-state index is -0.0758. The summed E-state index contributed by atoms with van der Waals surface area (Å²) in [5, 5.41) is 5.54. The van der Waals surface area contributed by atoms with Crippen LogP contribution in [0.3, 0.4) is 0 Å². The molecule has 0 bridgehead atoms. The van der Waals surface area contributed by atoms with Gasteiger partial charge in [-0.2, -0.15) is 5.10 Å². The predicted molar refractivity (Wildman–Crippen MR) is 97.4 cm³/mol. The van der Waals surface area contributed by atoms with Crippen molar-refractivity contribution < 1.29 is 9.53 Å². The summed E-state index contributed by atoms with van der Waals surface area (Å²) in [5.74, 6) is 0.0482. The molecule has 3 aromatic rings. The van der Waals surface area contributed by atoms with Crippen LogP contribution in [0, 0.1) is 6.92 Å². The lowest BCUT2D eigenvalue weighted by Crippen LogP contribution is -2.50. The molecule has 1 amide bonds. The second-order valence-electron chi connectivity index (χ2n) is 7.16. The van der Waals surface area contributed by atoms with Gasteiger partial charge in [-0.3, -0.25) is 4.79 Å². The Labute approximate surface area is 151 Å². The summed E-state index contributed by atoms with van der Waals surface area (Å²) in [6, 6.07) is 11.8. The third kappa shape index (κ3) is 2.33. The minimum absolute atomic E-state index is 0.0482. The van der Waals surface area contributed by atoms with Crippen LogP contribution in [0.1, 0.15) is 28.9 Å². The van der Waals surface area contributed by atoms with Gasteiger partial charge in [-0.25, -0.2) is 9.67 Å². The number of pyridine rings is 1. The summed E-state index contributed by atoms with van der Waals surface area (Å²) in [4.78, 5) is 19.7. The summed E-state index contributed by atoms with van der Waals surface area (Å²) in [6.45, 7) is 3.86. The smallest absolute Gasteiger partial charge is 0.256 e. The Balaban J connectivity index is 1.54. The molecule has 2 fully saturated rings. The molecule has 1 saturated carbocycles. The molecule has 1 spiro atoms. The van der Waals surface area contributed by atoms with Crippen molar-refractivity contribution in [3.05, 3.63) is 53.9 Å². The van der Waals surface area contributed by atoms with Crippen molar-refractivity contribution in [1.29, 1.82) is 0 Å². The Hall–Kier alpha value is -2.73. The van der Waals surface area contributed by atoms with Gasteiger partial charge in [0.05, 0.1) is 35.7 Å². The van der Waals surface area contributed by atoms with E-state index in [1.54, 1.807) is 6.20 Å². The Kier molecular flexibility index (Phi) is 3.37. The number of hydrogen-bond donors (Lipinski definition) is 0. The van der Waals surface area contributed by atoms with E-state index in [9.17, 15) is 4.79 Å². The fourth-order valence-electron chi connectivity index (χ4n) is 3.77. The monoisotopic (exact) mass is 348 g/mol. The molecule has 6 nitrogen and oxygen atoms in total. The number of carbonyl (C=O) groups is 1. The van der Waals surface area contributed by atoms with E-state index in [0.29, 0.717) is 25.3 Å². The number of rotatable bonds is 2. The third-order valence-corrected chi connectivity index (χ3v) is 5.43. The summed E-state index contributed by atoms with van der Waals surface area (Å²) >= 11 is 0. The number of carbonyl (C=O) groups excluding carboxylic acids is 1. The van der Waals surface area contributed by atoms with Gasteiger partial charge in [-0.05, 0) is 38.0 Å². The Bertz CT molecular complexity index is 992. The molecule has 1 aliphatic carbocycles. The lowest BCUT2D eigenvalue weighted by atomic mass is 10.1. The second kappa shape index (κ2) is 5.64. The van der Waals surface area contributed by atoms with Gasteiger partial charge in [0, 0.05) is 18.1 Å². The lowest BCUT2D eigenvalue weighted by Gasteiger charge is -2.36. The highest BCUT2D eigenvalue weighted by Crippen LogP contribution is 2.44. The minimum Gasteiger partial charge on any atom is -0.377 e. The number of aromatic nitrogens is 3. The lowest BCUT2D eigenvalue weighted by molar-refractivity contribution is -0.0117. The number of amides is 1. The van der Waals surface area contributed by atoms with Gasteiger partial charge < -0.3 is 9.64 Å². The van der Waals surface area contributed by atoms with Gasteiger partial charge >= 0.3 is 0 Å². The highest BCUT2D eigenvalue weighted by Gasteiger charge is 2.52. The van der Waals surface area contributed by atoms with Gasteiger partial charge in [0.15, 0.2) is 5.65 Å². The zero-order chi connectivity index (χ0) is 17.7. The maximum Gasteiger partial charge on any atom is 0.256 e. The van der Waals surface area contributed by atoms with Crippen LogP contribution < -0.4 is 0 Å². The van der Waals surface area contributed by atoms with E-state index in [4.69, 9.17) is 4.74 Å². The molecule has 3 heterocycles. The van der Waals surface area contributed by atoms with E-state index >= 15 is 0 Å². The van der Waals surface area contributed by atoms with Gasteiger partial charge in [0.1, 0.15) is 0 Å². The van der Waals surface area contributed by atoms with Crippen LogP contribution in [0.4, 0.5) is 0 Å². The molecule has 0 unspecified atom stereocenters. The van der Waals surface area contributed by atoms with Crippen LogP contribution >= 0.6 is 0 Å². The van der Waals surface area contributed by atoms with Crippen molar-refractivity contribution in [3.63, 3.8) is 0 Å². The van der Waals surface area contributed by atoms with Gasteiger partial charge in [-0.1, -0.05) is 18.2 Å². The Morgan fingerprint density at radius 2 is 2.04 bits per heavy atom. The van der Waals surface area contributed by atoms with Crippen molar-refractivity contribution in [2.24, 2.45) is 0 Å². The van der Waals surface area contributed by atoms with Crippen LogP contribution in [-0.2, 0) is 4.74 Å². The molecular formula is C20H20N4O2. The summed E-state index contributed by atoms with van der Waals surface area (Å²) < 4.78 is 7.41. The largest absolute Gasteiger partial charge is 0.377 e. The van der Waals surface area contributed by atoms with E-state index in [2.05, 4.69) is 10.1 Å². The normalized spacial score (nSPS) is 18.4. The number of nitrogens with zero attached hydrogens (tertiary/aromatic N) is 4. The SMILES string of the molecule is Cc1nn(-c2ccccc2)c2ncc(C(=O)N3CCOCC34CC4)cc12. The number of para-hydroxylation sites is 1. The zero-order valence-corrected chi connectivity index (χ0v) is 14.7. The molecule has 0 atom stereocenters. The van der Waals surface area contributed by atoms with Crippen molar-refractivity contribution in [1.82, 2.24) is 19.7 Å². The number of fused-ring (bicyclic) bond motifs is 1. The molecule has 6 heteroatoms. The Morgan fingerprint density at radius 3 is 2.81 bits per heavy atom. The summed E-state index contributed by atoms with van der Waals surface area (Å²) in [7, 11) is 0. The van der Waals surface area contributed by atoms with Gasteiger partial charge in [-0.15, -0.1) is 0 Å². The number of morpholine rings is 1. The summed E-state index contributed by atoms with van der Waals surface area (Å²) in [5.41, 5.74) is 3.15. The number of aryl methyl sites for hydroxylation is 1. The fourth-order valence-corrected chi connectivity index (χ4v) is 3.77. The Morgan fingerprint density at radius 1 is 1.23 bits per heavy atom. The molecule has 5 rings (SSSR count). The third-order valence-electron chi connectivity index (χ3n) is 5.43. The number of hydrogen-bond acceptors (Lipinski definition) is 4. The maximum absolute atomic E-state index is 13.1. The van der Waals surface area contributed by atoms with Gasteiger partial charge in [0.25, 0.3) is 5.91 Å². The van der Waals surface area contributed by atoms with E-state index in [-0.39, 0.29) is 11.4 Å². The van der Waals surface area contributed by atoms with Crippen molar-refractivity contribution >= 4 is 16.9 Å². The van der Waals surface area contributed by atoms with Crippen LogP contribution in [0.15, 0.2) is 42.6 Å². The molecule has 0 radical (unpaired) electrons. The van der Waals surface area contributed by atoms with Crippen LogP contribution in [-0.4, -0.2) is 50.9 Å². The van der Waals surface area contributed by atoms with Crippen LogP contribution in [0.5, 0.6) is 0 Å². The van der Waals surface area contributed by atoms with E-state index in [1.807, 2.05) is 52.9 Å². The first-order valence-corrected chi connectivity index (χ1v) is 8.98. The fraction of sp³-hybridized carbons (Fsp3) is 0.350. The van der Waals surface area contributed by atoms with Crippen molar-refractivity contribution in [3.8, 4) is 5.69 Å². The maximum atomic E-state index is 13.1. The molecule has 1 aromatic carbocycles. The first kappa shape index (κ1) is 15.5. The topological polar surface area (TPSA) is 60.2 Å². The predicted octanol–water partition coefficient (Wildman–Crippen LogP) is 2.73. The highest BCUT2D eigenvalue weighted by atomic mass is 16.5.